The molecule has 3 aromatic rings. The molecule has 26 heavy (non-hydrogen) atoms. The highest BCUT2D eigenvalue weighted by atomic mass is 32.1. The number of ketones is 1. The molecule has 0 spiro atoms. The second-order valence-electron chi connectivity index (χ2n) is 5.97. The molecule has 0 saturated heterocycles. The number of nitrogens with two attached hydrogens (primary N) is 1. The lowest BCUT2D eigenvalue weighted by Gasteiger charge is -2.06. The summed E-state index contributed by atoms with van der Waals surface area (Å²) in [4.78, 5) is 29.8. The molecule has 0 aliphatic rings. The fraction of sp³-hybridized carbons (Fsp3) is 0.211. The van der Waals surface area contributed by atoms with E-state index in [0.717, 1.165) is 16.6 Å². The maximum absolute atomic E-state index is 12.7. The zero-order chi connectivity index (χ0) is 18.8. The Kier molecular flexibility index (Phi) is 5.01. The predicted octanol–water partition coefficient (Wildman–Crippen LogP) is 3.79. The van der Waals surface area contributed by atoms with Crippen molar-refractivity contribution in [2.24, 2.45) is 0 Å². The van der Waals surface area contributed by atoms with Crippen molar-refractivity contribution in [1.82, 2.24) is 4.98 Å². The number of benzene rings is 1. The number of carbonyl (C=O) groups is 2. The fourth-order valence-electron chi connectivity index (χ4n) is 2.78. The van der Waals surface area contributed by atoms with Gasteiger partial charge in [0.05, 0.1) is 12.3 Å². The van der Waals surface area contributed by atoms with Crippen molar-refractivity contribution in [3.8, 4) is 0 Å². The molecule has 2 heterocycles. The molecule has 134 valence electrons. The van der Waals surface area contributed by atoms with Gasteiger partial charge in [0, 0.05) is 29.4 Å². The van der Waals surface area contributed by atoms with Crippen LogP contribution in [0.25, 0.3) is 10.2 Å². The average Bonchev–Trinajstić information content (AvgIpc) is 2.92. The summed E-state index contributed by atoms with van der Waals surface area (Å²) in [5, 5.41) is 3.56. The van der Waals surface area contributed by atoms with Crippen LogP contribution in [0.3, 0.4) is 0 Å². The Bertz CT molecular complexity index is 1010. The van der Waals surface area contributed by atoms with E-state index < -0.39 is 0 Å². The lowest BCUT2D eigenvalue weighted by atomic mass is 10.1. The third kappa shape index (κ3) is 3.44. The number of nitrogens with zero attached hydrogens (tertiary/aromatic N) is 1. The second kappa shape index (κ2) is 7.23. The minimum Gasteiger partial charge on any atom is -0.397 e. The largest absolute Gasteiger partial charge is 0.397 e. The summed E-state index contributed by atoms with van der Waals surface area (Å²) in [6.07, 6.45) is 0. The highest BCUT2D eigenvalue weighted by Crippen LogP contribution is 2.36. The van der Waals surface area contributed by atoms with Gasteiger partial charge in [-0.2, -0.15) is 0 Å². The predicted molar refractivity (Wildman–Crippen MR) is 104 cm³/mol. The number of carbonyl (C=O) groups excluding carboxylic acids is 2. The number of pyridine rings is 1. The smallest absolute Gasteiger partial charge is 0.267 e. The Hall–Kier alpha value is -2.77. The van der Waals surface area contributed by atoms with Crippen LogP contribution in [0.2, 0.25) is 0 Å². The van der Waals surface area contributed by atoms with Crippen LogP contribution >= 0.6 is 11.3 Å². The molecule has 1 aromatic carbocycles. The number of aryl methyl sites for hydroxylation is 1. The van der Waals surface area contributed by atoms with Crippen molar-refractivity contribution in [3.63, 3.8) is 0 Å². The number of hydrogen-bond acceptors (Lipinski definition) is 6. The van der Waals surface area contributed by atoms with Gasteiger partial charge in [0.1, 0.15) is 9.71 Å². The number of methoxy groups -OCH3 is 1. The SMILES string of the molecule is COCc1cc(C)nc2sc(C(=O)Nc3cccc(C(C)=O)c3)c(N)c12. The lowest BCUT2D eigenvalue weighted by Crippen LogP contribution is -2.12. The van der Waals surface area contributed by atoms with E-state index in [0.29, 0.717) is 33.3 Å². The lowest BCUT2D eigenvalue weighted by molar-refractivity contribution is 0.101. The van der Waals surface area contributed by atoms with E-state index >= 15 is 0 Å². The number of Topliss-reactive ketones (excluding diaryl/α,β-unsaturated/α-hetero) is 1. The van der Waals surface area contributed by atoms with Gasteiger partial charge in [-0.25, -0.2) is 4.98 Å². The molecule has 0 atom stereocenters. The summed E-state index contributed by atoms with van der Waals surface area (Å²) in [5.74, 6) is -0.390. The standard InChI is InChI=1S/C19H19N3O3S/c1-10-7-13(9-25-3)15-16(20)17(26-19(15)21-10)18(24)22-14-6-4-5-12(8-14)11(2)23/h4-8H,9,20H2,1-3H3,(H,22,24). The number of ether oxygens (including phenoxy) is 1. The first-order chi connectivity index (χ1) is 12.4. The molecule has 7 heteroatoms. The Morgan fingerprint density at radius 1 is 1.31 bits per heavy atom. The molecular weight excluding hydrogens is 350 g/mol. The molecule has 0 unspecified atom stereocenters. The first-order valence-corrected chi connectivity index (χ1v) is 8.82. The Morgan fingerprint density at radius 2 is 2.08 bits per heavy atom. The number of nitrogen functional groups attached to an aromatic ring is 1. The summed E-state index contributed by atoms with van der Waals surface area (Å²) in [6.45, 7) is 3.76. The van der Waals surface area contributed by atoms with Crippen LogP contribution in [0.1, 0.15) is 38.2 Å². The van der Waals surface area contributed by atoms with E-state index in [1.165, 1.54) is 18.3 Å². The molecule has 2 aromatic heterocycles. The zero-order valence-electron chi connectivity index (χ0n) is 14.8. The van der Waals surface area contributed by atoms with Gasteiger partial charge in [0.25, 0.3) is 5.91 Å². The molecule has 6 nitrogen and oxygen atoms in total. The van der Waals surface area contributed by atoms with Gasteiger partial charge in [-0.15, -0.1) is 11.3 Å². The number of aromatic nitrogens is 1. The van der Waals surface area contributed by atoms with E-state index in [9.17, 15) is 9.59 Å². The van der Waals surface area contributed by atoms with E-state index in [2.05, 4.69) is 10.3 Å². The molecular formula is C19H19N3O3S. The highest BCUT2D eigenvalue weighted by Gasteiger charge is 2.20. The van der Waals surface area contributed by atoms with Crippen molar-refractivity contribution >= 4 is 44.6 Å². The average molecular weight is 369 g/mol. The van der Waals surface area contributed by atoms with Crippen molar-refractivity contribution < 1.29 is 14.3 Å². The van der Waals surface area contributed by atoms with Crippen LogP contribution in [0.4, 0.5) is 11.4 Å². The van der Waals surface area contributed by atoms with Gasteiger partial charge in [0.2, 0.25) is 0 Å². The van der Waals surface area contributed by atoms with Gasteiger partial charge in [0.15, 0.2) is 5.78 Å². The molecule has 0 fully saturated rings. The van der Waals surface area contributed by atoms with Crippen LogP contribution in [0.5, 0.6) is 0 Å². The maximum Gasteiger partial charge on any atom is 0.267 e. The van der Waals surface area contributed by atoms with Gasteiger partial charge >= 0.3 is 0 Å². The van der Waals surface area contributed by atoms with Crippen molar-refractivity contribution in [3.05, 3.63) is 52.0 Å². The summed E-state index contributed by atoms with van der Waals surface area (Å²) >= 11 is 1.25. The third-order valence-electron chi connectivity index (χ3n) is 3.94. The number of fused-ring (bicyclic) bond motifs is 1. The summed E-state index contributed by atoms with van der Waals surface area (Å²) in [7, 11) is 1.61. The number of amides is 1. The van der Waals surface area contributed by atoms with E-state index in [1.807, 2.05) is 13.0 Å². The normalized spacial score (nSPS) is 10.9. The van der Waals surface area contributed by atoms with Crippen LogP contribution in [-0.4, -0.2) is 23.8 Å². The zero-order valence-corrected chi connectivity index (χ0v) is 15.6. The molecule has 3 N–H and O–H groups in total. The number of anilines is 2. The van der Waals surface area contributed by atoms with Crippen molar-refractivity contribution in [2.45, 2.75) is 20.5 Å². The minimum absolute atomic E-state index is 0.0636. The van der Waals surface area contributed by atoms with Gasteiger partial charge in [-0.3, -0.25) is 9.59 Å². The number of nitrogens with one attached hydrogen (secondary N) is 1. The molecule has 0 aliphatic carbocycles. The summed E-state index contributed by atoms with van der Waals surface area (Å²) < 4.78 is 5.24. The Balaban J connectivity index is 1.98. The molecule has 0 bridgehead atoms. The molecule has 0 radical (unpaired) electrons. The Morgan fingerprint density at radius 3 is 2.77 bits per heavy atom. The van der Waals surface area contributed by atoms with Gasteiger partial charge < -0.3 is 15.8 Å². The Labute approximate surface area is 155 Å². The molecule has 0 saturated carbocycles. The summed E-state index contributed by atoms with van der Waals surface area (Å²) in [6, 6.07) is 8.71. The number of thiophene rings is 1. The quantitative estimate of drug-likeness (QED) is 0.667. The fourth-order valence-corrected chi connectivity index (χ4v) is 3.86. The number of rotatable bonds is 5. The van der Waals surface area contributed by atoms with Crippen molar-refractivity contribution in [2.75, 3.05) is 18.2 Å². The third-order valence-corrected chi connectivity index (χ3v) is 5.04. The monoisotopic (exact) mass is 369 g/mol. The van der Waals surface area contributed by atoms with E-state index in [-0.39, 0.29) is 11.7 Å². The van der Waals surface area contributed by atoms with Crippen LogP contribution < -0.4 is 11.1 Å². The molecule has 3 rings (SSSR count). The first kappa shape index (κ1) is 18.0. The van der Waals surface area contributed by atoms with Crippen molar-refractivity contribution in [1.29, 1.82) is 0 Å². The van der Waals surface area contributed by atoms with Crippen LogP contribution in [0, 0.1) is 6.92 Å². The van der Waals surface area contributed by atoms with E-state index in [4.69, 9.17) is 10.5 Å². The maximum atomic E-state index is 12.7. The van der Waals surface area contributed by atoms with Crippen LogP contribution in [-0.2, 0) is 11.3 Å². The number of hydrogen-bond donors (Lipinski definition) is 2. The molecule has 1 amide bonds. The first-order valence-electron chi connectivity index (χ1n) is 8.00. The van der Waals surface area contributed by atoms with E-state index in [1.54, 1.807) is 31.4 Å². The minimum atomic E-state index is -0.327. The van der Waals surface area contributed by atoms with Crippen LogP contribution in [0.15, 0.2) is 30.3 Å². The van der Waals surface area contributed by atoms with Gasteiger partial charge in [-0.1, -0.05) is 12.1 Å². The second-order valence-corrected chi connectivity index (χ2v) is 6.97. The highest BCUT2D eigenvalue weighted by molar-refractivity contribution is 7.21. The topological polar surface area (TPSA) is 94.3 Å². The molecule has 0 aliphatic heterocycles. The summed E-state index contributed by atoms with van der Waals surface area (Å²) in [5.41, 5.74) is 9.47. The van der Waals surface area contributed by atoms with Gasteiger partial charge in [-0.05, 0) is 37.6 Å².